The van der Waals surface area contributed by atoms with E-state index in [0.29, 0.717) is 17.5 Å². The van der Waals surface area contributed by atoms with Gasteiger partial charge < -0.3 is 19.6 Å². The second-order valence-corrected chi connectivity index (χ2v) is 11.0. The Labute approximate surface area is 215 Å². The molecule has 0 bridgehead atoms. The van der Waals surface area contributed by atoms with E-state index in [4.69, 9.17) is 4.74 Å². The number of hydrogen-bond acceptors (Lipinski definition) is 5. The van der Waals surface area contributed by atoms with Gasteiger partial charge in [-0.25, -0.2) is 0 Å². The van der Waals surface area contributed by atoms with Crippen LogP contribution in [0.4, 0.5) is 0 Å². The van der Waals surface area contributed by atoms with E-state index >= 15 is 0 Å². The monoisotopic (exact) mass is 491 g/mol. The van der Waals surface area contributed by atoms with E-state index < -0.39 is 0 Å². The zero-order valence-corrected chi connectivity index (χ0v) is 21.8. The molecular weight excluding hydrogens is 450 g/mol. The van der Waals surface area contributed by atoms with Crippen molar-refractivity contribution in [3.05, 3.63) is 59.7 Å². The highest BCUT2D eigenvalue weighted by atomic mass is 16.5. The molecule has 3 saturated heterocycles. The lowest BCUT2D eigenvalue weighted by Gasteiger charge is -2.57. The molecule has 1 N–H and O–H groups in total. The Morgan fingerprint density at radius 3 is 2.50 bits per heavy atom. The molecule has 0 radical (unpaired) electrons. The fourth-order valence-corrected chi connectivity index (χ4v) is 6.46. The van der Waals surface area contributed by atoms with Crippen LogP contribution in [-0.4, -0.2) is 97.9 Å². The molecule has 2 aromatic carbocycles. The minimum atomic E-state index is 0.0170. The van der Waals surface area contributed by atoms with Gasteiger partial charge in [0.25, 0.3) is 5.91 Å². The minimum absolute atomic E-state index is 0.0170. The van der Waals surface area contributed by atoms with Crippen molar-refractivity contribution in [2.75, 3.05) is 60.1 Å². The first-order valence-electron chi connectivity index (χ1n) is 13.6. The van der Waals surface area contributed by atoms with Gasteiger partial charge in [0.1, 0.15) is 0 Å². The van der Waals surface area contributed by atoms with Crippen LogP contribution in [0.2, 0.25) is 0 Å². The predicted molar refractivity (Wildman–Crippen MR) is 143 cm³/mol. The molecular formula is C30H41N3O3. The van der Waals surface area contributed by atoms with Crippen LogP contribution in [0, 0.1) is 5.92 Å². The molecule has 36 heavy (non-hydrogen) atoms. The number of hydrogen-bond donors (Lipinski definition) is 1. The normalized spacial score (nSPS) is 25.9. The Morgan fingerprint density at radius 2 is 1.78 bits per heavy atom. The van der Waals surface area contributed by atoms with Crippen LogP contribution < -0.4 is 0 Å². The summed E-state index contributed by atoms with van der Waals surface area (Å²) in [4.78, 5) is 19.3. The van der Waals surface area contributed by atoms with Crippen LogP contribution in [0.3, 0.4) is 0 Å². The molecule has 1 amide bonds. The molecule has 2 aromatic rings. The van der Waals surface area contributed by atoms with E-state index in [2.05, 4.69) is 40.1 Å². The molecule has 3 aliphatic heterocycles. The summed E-state index contributed by atoms with van der Waals surface area (Å²) in [6.45, 7) is 6.53. The number of benzene rings is 2. The van der Waals surface area contributed by atoms with Gasteiger partial charge in [-0.2, -0.15) is 0 Å². The Hall–Kier alpha value is -2.25. The lowest BCUT2D eigenvalue weighted by Crippen LogP contribution is -2.67. The average molecular weight is 492 g/mol. The first kappa shape index (κ1) is 25.4. The lowest BCUT2D eigenvalue weighted by atomic mass is 9.74. The first-order valence-corrected chi connectivity index (χ1v) is 13.6. The van der Waals surface area contributed by atoms with E-state index in [1.807, 2.05) is 18.2 Å². The Kier molecular flexibility index (Phi) is 8.06. The highest BCUT2D eigenvalue weighted by Crippen LogP contribution is 2.42. The highest BCUT2D eigenvalue weighted by molar-refractivity contribution is 5.95. The largest absolute Gasteiger partial charge is 0.395 e. The molecule has 3 fully saturated rings. The number of fused-ring (bicyclic) bond motifs is 1. The fourth-order valence-electron chi connectivity index (χ4n) is 6.46. The van der Waals surface area contributed by atoms with Gasteiger partial charge >= 0.3 is 0 Å². The van der Waals surface area contributed by atoms with Crippen molar-refractivity contribution in [2.45, 2.75) is 43.7 Å². The third kappa shape index (κ3) is 5.37. The van der Waals surface area contributed by atoms with Crippen molar-refractivity contribution < 1.29 is 14.6 Å². The smallest absolute Gasteiger partial charge is 0.253 e. The molecule has 3 heterocycles. The third-order valence-corrected chi connectivity index (χ3v) is 8.46. The van der Waals surface area contributed by atoms with Crippen LogP contribution in [0.1, 0.15) is 47.5 Å². The maximum absolute atomic E-state index is 12.4. The van der Waals surface area contributed by atoms with Crippen molar-refractivity contribution in [2.24, 2.45) is 5.92 Å². The minimum Gasteiger partial charge on any atom is -0.395 e. The number of aliphatic hydroxyl groups excluding tert-OH is 1. The van der Waals surface area contributed by atoms with Gasteiger partial charge in [-0.1, -0.05) is 36.4 Å². The van der Waals surface area contributed by atoms with E-state index in [-0.39, 0.29) is 18.6 Å². The van der Waals surface area contributed by atoms with Crippen molar-refractivity contribution in [3.8, 4) is 11.1 Å². The molecule has 0 unspecified atom stereocenters. The summed E-state index contributed by atoms with van der Waals surface area (Å²) in [7, 11) is 3.56. The molecule has 3 atom stereocenters. The van der Waals surface area contributed by atoms with E-state index in [9.17, 15) is 9.90 Å². The van der Waals surface area contributed by atoms with Crippen molar-refractivity contribution >= 4 is 5.91 Å². The average Bonchev–Trinajstić information content (AvgIpc) is 2.89. The van der Waals surface area contributed by atoms with Crippen molar-refractivity contribution in [3.63, 3.8) is 0 Å². The van der Waals surface area contributed by atoms with Crippen LogP contribution in [0.15, 0.2) is 48.5 Å². The van der Waals surface area contributed by atoms with Gasteiger partial charge in [0, 0.05) is 64.0 Å². The Bertz CT molecular complexity index is 1020. The van der Waals surface area contributed by atoms with Gasteiger partial charge in [-0.15, -0.1) is 0 Å². The van der Waals surface area contributed by atoms with Gasteiger partial charge in [0.15, 0.2) is 0 Å². The second-order valence-electron chi connectivity index (χ2n) is 11.0. The van der Waals surface area contributed by atoms with E-state index in [1.165, 1.54) is 44.3 Å². The van der Waals surface area contributed by atoms with E-state index in [0.717, 1.165) is 43.3 Å². The maximum Gasteiger partial charge on any atom is 0.253 e. The standard InChI is InChI=1S/C30H41N3O3/c1-31(2)30(35)26-7-5-6-25(18-26)23-8-10-24(11-9-23)29-27-20-32(19-22-12-16-36-17-13-22)14-3-4-15-33(27)28(29)21-34/h5-11,18,22,27-29,34H,3-4,12-17,19-21H2,1-2H3/t27-,28+,29-/m1/s1. The number of aliphatic hydroxyl groups is 1. The Morgan fingerprint density at radius 1 is 1.03 bits per heavy atom. The lowest BCUT2D eigenvalue weighted by molar-refractivity contribution is -0.0677. The number of carbonyl (C=O) groups excluding carboxylic acids is 1. The summed E-state index contributed by atoms with van der Waals surface area (Å²) in [6.07, 6.45) is 4.79. The SMILES string of the molecule is CN(C)C(=O)c1cccc(-c2ccc([C@@H]3[C@H]4CN(CC5CCOCC5)CCCCN4[C@H]3CO)cc2)c1. The first-order chi connectivity index (χ1) is 17.5. The van der Waals surface area contributed by atoms with Crippen LogP contribution >= 0.6 is 0 Å². The zero-order valence-electron chi connectivity index (χ0n) is 21.8. The molecule has 0 aliphatic carbocycles. The summed E-state index contributed by atoms with van der Waals surface area (Å²) in [5, 5.41) is 10.3. The molecule has 0 saturated carbocycles. The number of rotatable bonds is 6. The number of nitrogens with zero attached hydrogens (tertiary/aromatic N) is 3. The topological polar surface area (TPSA) is 56.2 Å². The Balaban J connectivity index is 1.32. The predicted octanol–water partition coefficient (Wildman–Crippen LogP) is 3.71. The van der Waals surface area contributed by atoms with Gasteiger partial charge in [-0.3, -0.25) is 9.69 Å². The molecule has 0 spiro atoms. The molecule has 5 rings (SSSR count). The molecule has 0 aromatic heterocycles. The summed E-state index contributed by atoms with van der Waals surface area (Å²) >= 11 is 0. The third-order valence-electron chi connectivity index (χ3n) is 8.46. The van der Waals surface area contributed by atoms with Gasteiger partial charge in [-0.05, 0) is 73.5 Å². The number of carbonyl (C=O) groups is 1. The van der Waals surface area contributed by atoms with Crippen LogP contribution in [-0.2, 0) is 4.74 Å². The van der Waals surface area contributed by atoms with Crippen LogP contribution in [0.25, 0.3) is 11.1 Å². The molecule has 6 heteroatoms. The molecule has 6 nitrogen and oxygen atoms in total. The summed E-state index contributed by atoms with van der Waals surface area (Å²) in [5.41, 5.74) is 4.18. The molecule has 3 aliphatic rings. The van der Waals surface area contributed by atoms with Gasteiger partial charge in [0.05, 0.1) is 6.61 Å². The summed E-state index contributed by atoms with van der Waals surface area (Å²) in [5.74, 6) is 1.11. The van der Waals surface area contributed by atoms with E-state index in [1.54, 1.807) is 19.0 Å². The highest BCUT2D eigenvalue weighted by Gasteiger charge is 2.49. The quantitative estimate of drug-likeness (QED) is 0.668. The van der Waals surface area contributed by atoms with Crippen molar-refractivity contribution in [1.29, 1.82) is 0 Å². The van der Waals surface area contributed by atoms with Crippen molar-refractivity contribution in [1.82, 2.24) is 14.7 Å². The number of ether oxygens (including phenoxy) is 1. The molecule has 194 valence electrons. The maximum atomic E-state index is 12.4. The summed E-state index contributed by atoms with van der Waals surface area (Å²) < 4.78 is 5.58. The zero-order chi connectivity index (χ0) is 25.1. The van der Waals surface area contributed by atoms with Crippen LogP contribution in [0.5, 0.6) is 0 Å². The summed E-state index contributed by atoms with van der Waals surface area (Å²) in [6, 6.07) is 17.3. The number of amides is 1. The van der Waals surface area contributed by atoms with Gasteiger partial charge in [0.2, 0.25) is 0 Å². The fraction of sp³-hybridized carbons (Fsp3) is 0.567. The second kappa shape index (κ2) is 11.4.